The van der Waals surface area contributed by atoms with Gasteiger partial charge in [0.25, 0.3) is 7.82 Å². The first-order valence-corrected chi connectivity index (χ1v) is 21.3. The average Bonchev–Trinajstić information content (AvgIpc) is 3.01. The van der Waals surface area contributed by atoms with E-state index in [1.165, 1.54) is 116 Å². The number of hydrogen-bond donors (Lipinski definition) is 2. The first-order chi connectivity index (χ1) is 22.5. The highest BCUT2D eigenvalue weighted by Gasteiger charge is 2.24. The number of aliphatic hydroxyl groups excluding tert-OH is 1. The number of likely N-dealkylation sites (N-methyl/N-ethyl adjacent to an activating group) is 1. The number of quaternary nitrogens is 1. The molecule has 1 amide bonds. The second-order valence-electron chi connectivity index (χ2n) is 15.0. The maximum Gasteiger partial charge on any atom is 0.268 e. The number of phosphoric acid groups is 1. The summed E-state index contributed by atoms with van der Waals surface area (Å²) < 4.78 is 22.9. The molecule has 9 heteroatoms. The highest BCUT2D eigenvalue weighted by atomic mass is 31.2. The molecule has 0 aliphatic carbocycles. The van der Waals surface area contributed by atoms with Gasteiger partial charge in [-0.3, -0.25) is 9.36 Å². The molecule has 0 aliphatic rings. The summed E-state index contributed by atoms with van der Waals surface area (Å²) in [6.07, 6.45) is 31.7. The maximum absolute atomic E-state index is 12.7. The van der Waals surface area contributed by atoms with Crippen molar-refractivity contribution >= 4 is 13.7 Å². The van der Waals surface area contributed by atoms with E-state index >= 15 is 0 Å². The number of carbonyl (C=O) groups is 1. The zero-order valence-corrected chi connectivity index (χ0v) is 32.6. The highest BCUT2D eigenvalue weighted by molar-refractivity contribution is 7.45. The summed E-state index contributed by atoms with van der Waals surface area (Å²) in [6, 6.07) is -0.789. The lowest BCUT2D eigenvalue weighted by Crippen LogP contribution is -2.46. The van der Waals surface area contributed by atoms with Crippen LogP contribution >= 0.6 is 7.82 Å². The van der Waals surface area contributed by atoms with Crippen molar-refractivity contribution < 1.29 is 32.9 Å². The van der Waals surface area contributed by atoms with E-state index in [0.29, 0.717) is 23.9 Å². The molecule has 0 saturated carbocycles. The minimum atomic E-state index is -4.53. The third-order valence-electron chi connectivity index (χ3n) is 9.10. The van der Waals surface area contributed by atoms with Crippen LogP contribution in [0.15, 0.2) is 0 Å². The van der Waals surface area contributed by atoms with Gasteiger partial charge in [-0.05, 0) is 12.8 Å². The lowest BCUT2D eigenvalue weighted by Gasteiger charge is -2.30. The number of amides is 1. The monoisotopic (exact) mass is 691 g/mol. The standard InChI is InChI=1S/C38H79N2O6P/c1-6-8-10-12-13-14-15-16-17-18-19-20-21-22-23-24-25-26-27-28-30-32-38(42)39-36(37(41)31-29-11-9-7-2)35-46-47(43,44)45-34-33-40(3,4)5/h36-37,41H,6-35H2,1-5H3,(H-,39,42,43,44). The van der Waals surface area contributed by atoms with Gasteiger partial charge in [-0.25, -0.2) is 0 Å². The zero-order valence-electron chi connectivity index (χ0n) is 31.8. The number of carbonyl (C=O) groups excluding carboxylic acids is 1. The minimum Gasteiger partial charge on any atom is -0.756 e. The van der Waals surface area contributed by atoms with Crippen molar-refractivity contribution in [3.63, 3.8) is 0 Å². The molecule has 0 bridgehead atoms. The summed E-state index contributed by atoms with van der Waals surface area (Å²) in [4.78, 5) is 25.0. The summed E-state index contributed by atoms with van der Waals surface area (Å²) in [6.45, 7) is 4.60. The first kappa shape index (κ1) is 46.5. The van der Waals surface area contributed by atoms with E-state index in [4.69, 9.17) is 9.05 Å². The first-order valence-electron chi connectivity index (χ1n) is 19.9. The Hall–Kier alpha value is -0.500. The van der Waals surface area contributed by atoms with Crippen molar-refractivity contribution in [2.24, 2.45) is 0 Å². The summed E-state index contributed by atoms with van der Waals surface area (Å²) in [5, 5.41) is 13.6. The van der Waals surface area contributed by atoms with Crippen molar-refractivity contribution in [1.82, 2.24) is 5.32 Å². The van der Waals surface area contributed by atoms with Gasteiger partial charge in [-0.1, -0.05) is 168 Å². The fourth-order valence-corrected chi connectivity index (χ4v) is 6.59. The fourth-order valence-electron chi connectivity index (χ4n) is 5.86. The van der Waals surface area contributed by atoms with Crippen molar-refractivity contribution in [1.29, 1.82) is 0 Å². The fraction of sp³-hybridized carbons (Fsp3) is 0.974. The Morgan fingerprint density at radius 2 is 1.04 bits per heavy atom. The molecule has 3 atom stereocenters. The van der Waals surface area contributed by atoms with Gasteiger partial charge in [-0.15, -0.1) is 0 Å². The van der Waals surface area contributed by atoms with Crippen LogP contribution in [0.4, 0.5) is 0 Å². The number of hydrogen-bond acceptors (Lipinski definition) is 6. The van der Waals surface area contributed by atoms with Gasteiger partial charge >= 0.3 is 0 Å². The molecule has 0 aromatic heterocycles. The van der Waals surface area contributed by atoms with Gasteiger partial charge in [0.05, 0.1) is 39.9 Å². The summed E-state index contributed by atoms with van der Waals surface area (Å²) in [5.41, 5.74) is 0. The van der Waals surface area contributed by atoms with E-state index in [1.54, 1.807) is 0 Å². The molecule has 0 aliphatic heterocycles. The van der Waals surface area contributed by atoms with Crippen LogP contribution in [0.25, 0.3) is 0 Å². The van der Waals surface area contributed by atoms with Crippen LogP contribution in [0.5, 0.6) is 0 Å². The van der Waals surface area contributed by atoms with Crippen LogP contribution in [-0.2, 0) is 18.4 Å². The molecule has 47 heavy (non-hydrogen) atoms. The molecule has 282 valence electrons. The Bertz CT molecular complexity index is 748. The quantitative estimate of drug-likeness (QED) is 0.0385. The van der Waals surface area contributed by atoms with Gasteiger partial charge < -0.3 is 28.8 Å². The third kappa shape index (κ3) is 33.8. The number of phosphoric ester groups is 1. The zero-order chi connectivity index (χ0) is 35.1. The summed E-state index contributed by atoms with van der Waals surface area (Å²) in [5.74, 6) is -0.171. The third-order valence-corrected chi connectivity index (χ3v) is 10.1. The van der Waals surface area contributed by atoms with E-state index < -0.39 is 20.0 Å². The molecule has 8 nitrogen and oxygen atoms in total. The lowest BCUT2D eigenvalue weighted by molar-refractivity contribution is -0.870. The summed E-state index contributed by atoms with van der Waals surface area (Å²) >= 11 is 0. The predicted molar refractivity (Wildman–Crippen MR) is 196 cm³/mol. The van der Waals surface area contributed by atoms with Crippen molar-refractivity contribution in [3.8, 4) is 0 Å². The molecule has 3 unspecified atom stereocenters. The number of rotatable bonds is 36. The van der Waals surface area contributed by atoms with Gasteiger partial charge in [-0.2, -0.15) is 0 Å². The topological polar surface area (TPSA) is 108 Å². The SMILES string of the molecule is CCCCCCCCCCCCCCCCCCCCCCCC(=O)NC(COP(=O)([O-])OCC[N+](C)(C)C)C(O)CCCCCC. The second-order valence-corrected chi connectivity index (χ2v) is 16.4. The molecule has 0 rings (SSSR count). The Labute approximate surface area is 291 Å². The molecule has 0 aromatic carbocycles. The Kier molecular flexibility index (Phi) is 31.1. The number of unbranched alkanes of at least 4 members (excludes halogenated alkanes) is 23. The van der Waals surface area contributed by atoms with Gasteiger partial charge in [0.2, 0.25) is 5.91 Å². The molecule has 0 aromatic rings. The van der Waals surface area contributed by atoms with Crippen LogP contribution in [0, 0.1) is 0 Å². The van der Waals surface area contributed by atoms with E-state index in [9.17, 15) is 19.4 Å². The molecule has 0 heterocycles. The van der Waals surface area contributed by atoms with Gasteiger partial charge in [0, 0.05) is 6.42 Å². The largest absolute Gasteiger partial charge is 0.756 e. The van der Waals surface area contributed by atoms with E-state index in [-0.39, 0.29) is 19.1 Å². The predicted octanol–water partition coefficient (Wildman–Crippen LogP) is 9.61. The van der Waals surface area contributed by atoms with Crippen molar-refractivity contribution in [2.45, 2.75) is 199 Å². The highest BCUT2D eigenvalue weighted by Crippen LogP contribution is 2.38. The molecule has 0 spiro atoms. The molecule has 0 fully saturated rings. The molecular weight excluding hydrogens is 611 g/mol. The average molecular weight is 691 g/mol. The van der Waals surface area contributed by atoms with Crippen LogP contribution in [0.2, 0.25) is 0 Å². The van der Waals surface area contributed by atoms with Crippen molar-refractivity contribution in [3.05, 3.63) is 0 Å². The smallest absolute Gasteiger partial charge is 0.268 e. The second kappa shape index (κ2) is 31.5. The Morgan fingerprint density at radius 1 is 0.660 bits per heavy atom. The molecule has 0 radical (unpaired) electrons. The molecule has 0 saturated heterocycles. The van der Waals surface area contributed by atoms with E-state index in [1.807, 2.05) is 21.1 Å². The Balaban J connectivity index is 3.99. The molecular formula is C38H79N2O6P. The number of aliphatic hydroxyl groups is 1. The summed E-state index contributed by atoms with van der Waals surface area (Å²) in [7, 11) is 1.31. The van der Waals surface area contributed by atoms with Crippen LogP contribution < -0.4 is 10.2 Å². The van der Waals surface area contributed by atoms with Gasteiger partial charge in [0.1, 0.15) is 13.2 Å². The number of nitrogens with zero attached hydrogens (tertiary/aromatic N) is 1. The maximum atomic E-state index is 12.7. The molecule has 2 N–H and O–H groups in total. The van der Waals surface area contributed by atoms with Crippen LogP contribution in [0.1, 0.15) is 187 Å². The number of nitrogens with one attached hydrogen (secondary N) is 1. The van der Waals surface area contributed by atoms with Crippen molar-refractivity contribution in [2.75, 3.05) is 40.9 Å². The normalized spacial score (nSPS) is 14.6. The minimum absolute atomic E-state index is 0.0142. The van der Waals surface area contributed by atoms with Crippen LogP contribution in [0.3, 0.4) is 0 Å². The lowest BCUT2D eigenvalue weighted by atomic mass is 10.0. The van der Waals surface area contributed by atoms with E-state index in [0.717, 1.165) is 44.9 Å². The van der Waals surface area contributed by atoms with E-state index in [2.05, 4.69) is 19.2 Å². The Morgan fingerprint density at radius 3 is 1.45 bits per heavy atom. The van der Waals surface area contributed by atoms with Crippen LogP contribution in [-0.4, -0.2) is 68.5 Å². The van der Waals surface area contributed by atoms with Gasteiger partial charge in [0.15, 0.2) is 0 Å².